The Hall–Kier alpha value is -0.340. The van der Waals surface area contributed by atoms with E-state index in [1.807, 2.05) is 11.3 Å². The molecule has 19 heavy (non-hydrogen) atoms. The molecule has 1 nitrogen and oxygen atoms in total. The number of hydrogen-bond acceptors (Lipinski definition) is 2. The van der Waals surface area contributed by atoms with Crippen molar-refractivity contribution in [1.82, 2.24) is 5.32 Å². The van der Waals surface area contributed by atoms with Gasteiger partial charge in [-0.15, -0.1) is 11.3 Å². The summed E-state index contributed by atoms with van der Waals surface area (Å²) in [6.07, 6.45) is 9.58. The monoisotopic (exact) mass is 279 g/mol. The highest BCUT2D eigenvalue weighted by atomic mass is 32.1. The van der Waals surface area contributed by atoms with Gasteiger partial charge in [-0.3, -0.25) is 0 Å². The Kier molecular flexibility index (Phi) is 5.47. The summed E-state index contributed by atoms with van der Waals surface area (Å²) in [6, 6.07) is 5.53. The molecule has 0 amide bonds. The molecule has 1 fully saturated rings. The van der Waals surface area contributed by atoms with Crippen molar-refractivity contribution in [3.63, 3.8) is 0 Å². The molecule has 1 heterocycles. The van der Waals surface area contributed by atoms with E-state index >= 15 is 0 Å². The molecule has 1 saturated carbocycles. The molecule has 108 valence electrons. The third kappa shape index (κ3) is 5.66. The molecule has 0 bridgehead atoms. The zero-order chi connectivity index (χ0) is 13.7. The van der Waals surface area contributed by atoms with E-state index in [2.05, 4.69) is 38.2 Å². The van der Waals surface area contributed by atoms with Gasteiger partial charge in [-0.05, 0) is 56.2 Å². The molecule has 0 atom stereocenters. The SMILES string of the molecule is CC(C)(C)c1ccc(CCCCCCNC2CC2)s1. The van der Waals surface area contributed by atoms with Gasteiger partial charge in [0.1, 0.15) is 0 Å². The van der Waals surface area contributed by atoms with E-state index in [0.717, 1.165) is 6.04 Å². The predicted molar refractivity (Wildman–Crippen MR) is 86.2 cm³/mol. The van der Waals surface area contributed by atoms with Crippen molar-refractivity contribution >= 4 is 11.3 Å². The Morgan fingerprint density at radius 2 is 1.84 bits per heavy atom. The highest BCUT2D eigenvalue weighted by Gasteiger charge is 2.19. The first-order valence-electron chi connectivity index (χ1n) is 7.88. The first-order chi connectivity index (χ1) is 9.05. The predicted octanol–water partition coefficient (Wildman–Crippen LogP) is 4.90. The van der Waals surface area contributed by atoms with Gasteiger partial charge in [0, 0.05) is 15.8 Å². The van der Waals surface area contributed by atoms with Crippen LogP contribution in [0.5, 0.6) is 0 Å². The van der Waals surface area contributed by atoms with Crippen LogP contribution in [0.3, 0.4) is 0 Å². The van der Waals surface area contributed by atoms with Crippen molar-refractivity contribution < 1.29 is 0 Å². The Labute approximate surface area is 122 Å². The highest BCUT2D eigenvalue weighted by Crippen LogP contribution is 2.30. The summed E-state index contributed by atoms with van der Waals surface area (Å²) < 4.78 is 0. The van der Waals surface area contributed by atoms with Crippen molar-refractivity contribution in [2.24, 2.45) is 0 Å². The minimum absolute atomic E-state index is 0.317. The molecule has 1 aromatic rings. The first-order valence-corrected chi connectivity index (χ1v) is 8.70. The zero-order valence-electron chi connectivity index (χ0n) is 12.8. The second-order valence-electron chi connectivity index (χ2n) is 6.91. The molecule has 0 spiro atoms. The average Bonchev–Trinajstić information content (AvgIpc) is 3.02. The summed E-state index contributed by atoms with van der Waals surface area (Å²) >= 11 is 2.01. The quantitative estimate of drug-likeness (QED) is 0.667. The summed E-state index contributed by atoms with van der Waals surface area (Å²) in [5.41, 5.74) is 0.317. The van der Waals surface area contributed by atoms with Crippen LogP contribution < -0.4 is 5.32 Å². The van der Waals surface area contributed by atoms with Crippen molar-refractivity contribution in [3.8, 4) is 0 Å². The molecule has 0 aromatic carbocycles. The number of nitrogens with one attached hydrogen (secondary N) is 1. The number of aryl methyl sites for hydroxylation is 1. The highest BCUT2D eigenvalue weighted by molar-refractivity contribution is 7.12. The average molecular weight is 279 g/mol. The van der Waals surface area contributed by atoms with E-state index in [1.54, 1.807) is 4.88 Å². The molecule has 1 N–H and O–H groups in total. The Morgan fingerprint density at radius 3 is 2.47 bits per heavy atom. The number of thiophene rings is 1. The van der Waals surface area contributed by atoms with Gasteiger partial charge in [0.2, 0.25) is 0 Å². The van der Waals surface area contributed by atoms with E-state index in [4.69, 9.17) is 0 Å². The fraction of sp³-hybridized carbons (Fsp3) is 0.765. The maximum atomic E-state index is 3.59. The van der Waals surface area contributed by atoms with Crippen LogP contribution in [0.25, 0.3) is 0 Å². The molecule has 0 aliphatic heterocycles. The smallest absolute Gasteiger partial charge is 0.0102 e. The molecule has 0 saturated heterocycles. The van der Waals surface area contributed by atoms with Crippen LogP contribution in [-0.2, 0) is 11.8 Å². The maximum Gasteiger partial charge on any atom is 0.0102 e. The van der Waals surface area contributed by atoms with Gasteiger partial charge >= 0.3 is 0 Å². The van der Waals surface area contributed by atoms with Crippen LogP contribution in [-0.4, -0.2) is 12.6 Å². The third-order valence-corrected chi connectivity index (χ3v) is 5.33. The van der Waals surface area contributed by atoms with Crippen molar-refractivity contribution in [2.75, 3.05) is 6.54 Å². The Morgan fingerprint density at radius 1 is 1.11 bits per heavy atom. The lowest BCUT2D eigenvalue weighted by Gasteiger charge is -2.15. The Bertz CT molecular complexity index is 371. The number of unbranched alkanes of at least 4 members (excludes halogenated alkanes) is 3. The lowest BCUT2D eigenvalue weighted by Crippen LogP contribution is -2.17. The minimum atomic E-state index is 0.317. The third-order valence-electron chi connectivity index (χ3n) is 3.76. The van der Waals surface area contributed by atoms with Gasteiger partial charge < -0.3 is 5.32 Å². The normalized spacial score (nSPS) is 15.9. The van der Waals surface area contributed by atoms with Crippen LogP contribution in [0.2, 0.25) is 0 Å². The maximum absolute atomic E-state index is 3.59. The van der Waals surface area contributed by atoms with E-state index in [1.165, 1.54) is 56.4 Å². The fourth-order valence-corrected chi connectivity index (χ4v) is 3.39. The molecule has 1 aromatic heterocycles. The number of rotatable bonds is 8. The summed E-state index contributed by atoms with van der Waals surface area (Å²) in [5.74, 6) is 0. The zero-order valence-corrected chi connectivity index (χ0v) is 13.6. The number of hydrogen-bond donors (Lipinski definition) is 1. The minimum Gasteiger partial charge on any atom is -0.314 e. The van der Waals surface area contributed by atoms with Crippen molar-refractivity contribution in [1.29, 1.82) is 0 Å². The van der Waals surface area contributed by atoms with Crippen LogP contribution in [0.1, 0.15) is 69.1 Å². The van der Waals surface area contributed by atoms with Gasteiger partial charge in [0.15, 0.2) is 0 Å². The summed E-state index contributed by atoms with van der Waals surface area (Å²) in [7, 11) is 0. The lowest BCUT2D eigenvalue weighted by molar-refractivity contribution is 0.586. The van der Waals surface area contributed by atoms with Crippen LogP contribution >= 0.6 is 11.3 Å². The van der Waals surface area contributed by atoms with Crippen LogP contribution in [0, 0.1) is 0 Å². The van der Waals surface area contributed by atoms with E-state index in [9.17, 15) is 0 Å². The summed E-state index contributed by atoms with van der Waals surface area (Å²) in [5, 5.41) is 3.59. The van der Waals surface area contributed by atoms with Gasteiger partial charge in [0.25, 0.3) is 0 Å². The molecule has 0 unspecified atom stereocenters. The molecule has 1 aliphatic rings. The van der Waals surface area contributed by atoms with Crippen LogP contribution in [0.4, 0.5) is 0 Å². The Balaban J connectivity index is 1.53. The van der Waals surface area contributed by atoms with Gasteiger partial charge in [0.05, 0.1) is 0 Å². The molecular formula is C17H29NS. The van der Waals surface area contributed by atoms with Gasteiger partial charge in [-0.1, -0.05) is 33.6 Å². The van der Waals surface area contributed by atoms with Crippen molar-refractivity contribution in [2.45, 2.75) is 77.2 Å². The largest absolute Gasteiger partial charge is 0.314 e. The van der Waals surface area contributed by atoms with Crippen molar-refractivity contribution in [3.05, 3.63) is 21.9 Å². The molecule has 2 heteroatoms. The molecular weight excluding hydrogens is 250 g/mol. The lowest BCUT2D eigenvalue weighted by atomic mass is 9.95. The van der Waals surface area contributed by atoms with Gasteiger partial charge in [-0.25, -0.2) is 0 Å². The second-order valence-corrected chi connectivity index (χ2v) is 8.08. The van der Waals surface area contributed by atoms with E-state index in [-0.39, 0.29) is 0 Å². The van der Waals surface area contributed by atoms with E-state index in [0.29, 0.717) is 5.41 Å². The van der Waals surface area contributed by atoms with Crippen LogP contribution in [0.15, 0.2) is 12.1 Å². The molecule has 0 radical (unpaired) electrons. The van der Waals surface area contributed by atoms with E-state index < -0.39 is 0 Å². The molecule has 2 rings (SSSR count). The summed E-state index contributed by atoms with van der Waals surface area (Å²) in [6.45, 7) is 8.14. The fourth-order valence-electron chi connectivity index (χ4n) is 2.29. The van der Waals surface area contributed by atoms with Gasteiger partial charge in [-0.2, -0.15) is 0 Å². The molecule has 1 aliphatic carbocycles. The second kappa shape index (κ2) is 6.90. The standard InChI is InChI=1S/C17H29NS/c1-17(2,3)16-12-11-15(19-16)8-6-4-5-7-13-18-14-9-10-14/h11-12,14,18H,4-10,13H2,1-3H3. The first kappa shape index (κ1) is 15.1. The topological polar surface area (TPSA) is 12.0 Å². The summed E-state index contributed by atoms with van der Waals surface area (Å²) in [4.78, 5) is 3.09.